The van der Waals surface area contributed by atoms with Crippen molar-refractivity contribution >= 4 is 11.6 Å². The van der Waals surface area contributed by atoms with E-state index in [0.29, 0.717) is 11.8 Å². The molecule has 0 aromatic carbocycles. The summed E-state index contributed by atoms with van der Waals surface area (Å²) in [7, 11) is 0. The second-order valence-corrected chi connectivity index (χ2v) is 6.71. The first kappa shape index (κ1) is 16.0. The number of rotatable bonds is 5. The molecule has 132 valence electrons. The Labute approximate surface area is 146 Å². The second-order valence-electron chi connectivity index (χ2n) is 6.71. The van der Waals surface area contributed by atoms with E-state index in [4.69, 9.17) is 0 Å². The molecule has 4 rings (SSSR count). The van der Waals surface area contributed by atoms with Gasteiger partial charge in [-0.3, -0.25) is 0 Å². The highest BCUT2D eigenvalue weighted by atomic mass is 15.4. The Kier molecular flexibility index (Phi) is 4.10. The van der Waals surface area contributed by atoms with Crippen molar-refractivity contribution in [3.63, 3.8) is 0 Å². The average Bonchev–Trinajstić information content (AvgIpc) is 3.28. The molecule has 0 bridgehead atoms. The predicted molar refractivity (Wildman–Crippen MR) is 94.6 cm³/mol. The van der Waals surface area contributed by atoms with E-state index in [-0.39, 0.29) is 0 Å². The van der Waals surface area contributed by atoms with Crippen molar-refractivity contribution in [1.82, 2.24) is 34.3 Å². The fourth-order valence-electron chi connectivity index (χ4n) is 3.69. The number of fused-ring (bicyclic) bond motifs is 1. The summed E-state index contributed by atoms with van der Waals surface area (Å²) in [5.41, 5.74) is 1.08. The van der Waals surface area contributed by atoms with E-state index in [0.717, 1.165) is 55.5 Å². The monoisotopic (exact) mass is 340 g/mol. The van der Waals surface area contributed by atoms with Crippen molar-refractivity contribution in [3.05, 3.63) is 29.7 Å². The Morgan fingerprint density at radius 1 is 1.24 bits per heavy atom. The van der Waals surface area contributed by atoms with Crippen LogP contribution < -0.4 is 4.90 Å². The first-order valence-corrected chi connectivity index (χ1v) is 9.00. The van der Waals surface area contributed by atoms with Gasteiger partial charge in [0.05, 0.1) is 12.6 Å². The Morgan fingerprint density at radius 2 is 2.12 bits per heavy atom. The number of anilines is 1. The fraction of sp³-hybridized carbons (Fsp3) is 0.588. The lowest BCUT2D eigenvalue weighted by Crippen LogP contribution is -2.35. The van der Waals surface area contributed by atoms with Crippen LogP contribution in [0.4, 0.5) is 5.82 Å². The third-order valence-electron chi connectivity index (χ3n) is 4.81. The molecule has 8 nitrogen and oxygen atoms in total. The van der Waals surface area contributed by atoms with Crippen LogP contribution in [0, 0.1) is 13.8 Å². The first-order chi connectivity index (χ1) is 12.2. The maximum atomic E-state index is 4.62. The smallest absolute Gasteiger partial charge is 0.254 e. The Hall–Kier alpha value is -2.51. The van der Waals surface area contributed by atoms with Crippen LogP contribution in [0.1, 0.15) is 43.5 Å². The molecule has 1 saturated heterocycles. The summed E-state index contributed by atoms with van der Waals surface area (Å²) in [6.07, 6.45) is 5.91. The minimum Gasteiger partial charge on any atom is -0.352 e. The molecule has 3 aromatic rings. The van der Waals surface area contributed by atoms with E-state index in [1.807, 2.05) is 23.0 Å². The zero-order valence-corrected chi connectivity index (χ0v) is 15.1. The average molecular weight is 340 g/mol. The number of nitrogens with zero attached hydrogens (tertiary/aromatic N) is 8. The highest BCUT2D eigenvalue weighted by Crippen LogP contribution is 2.27. The van der Waals surface area contributed by atoms with Crippen LogP contribution in [0.15, 0.2) is 12.4 Å². The SMILES string of the molecule is CCCc1cc(N2CCC[C@H]2Cn2nc(C)nc2C)n2ncnc2n1. The Bertz CT molecular complexity index is 880. The molecule has 0 unspecified atom stereocenters. The van der Waals surface area contributed by atoms with Crippen LogP contribution in [-0.4, -0.2) is 46.9 Å². The van der Waals surface area contributed by atoms with Crippen molar-refractivity contribution in [3.8, 4) is 0 Å². The van der Waals surface area contributed by atoms with E-state index in [1.54, 1.807) is 6.33 Å². The number of hydrogen-bond donors (Lipinski definition) is 0. The molecule has 0 aliphatic carbocycles. The van der Waals surface area contributed by atoms with Gasteiger partial charge in [-0.05, 0) is 33.1 Å². The molecule has 0 saturated carbocycles. The lowest BCUT2D eigenvalue weighted by Gasteiger charge is -2.27. The minimum absolute atomic E-state index is 0.379. The molecule has 1 aliphatic heterocycles. The standard InChI is InChI=1S/C17H24N8/c1-4-6-14-9-16(25-17(21-14)18-11-19-25)23-8-5-7-15(23)10-24-13(3)20-12(2)22-24/h9,11,15H,4-8,10H2,1-3H3/t15-/m0/s1. The lowest BCUT2D eigenvalue weighted by atomic mass is 10.2. The van der Waals surface area contributed by atoms with Gasteiger partial charge in [-0.1, -0.05) is 13.3 Å². The lowest BCUT2D eigenvalue weighted by molar-refractivity contribution is 0.493. The van der Waals surface area contributed by atoms with Crippen LogP contribution in [0.2, 0.25) is 0 Å². The number of aromatic nitrogens is 7. The van der Waals surface area contributed by atoms with Crippen molar-refractivity contribution < 1.29 is 0 Å². The minimum atomic E-state index is 0.379. The Balaban J connectivity index is 1.69. The second kappa shape index (κ2) is 6.42. The van der Waals surface area contributed by atoms with Crippen LogP contribution in [0.3, 0.4) is 0 Å². The van der Waals surface area contributed by atoms with Crippen LogP contribution in [0.5, 0.6) is 0 Å². The molecule has 1 fully saturated rings. The molecule has 8 heteroatoms. The zero-order chi connectivity index (χ0) is 17.4. The van der Waals surface area contributed by atoms with E-state index < -0.39 is 0 Å². The summed E-state index contributed by atoms with van der Waals surface area (Å²) in [5, 5.41) is 8.93. The number of hydrogen-bond acceptors (Lipinski definition) is 6. The largest absolute Gasteiger partial charge is 0.352 e. The van der Waals surface area contributed by atoms with E-state index in [9.17, 15) is 0 Å². The highest BCUT2D eigenvalue weighted by Gasteiger charge is 2.28. The molecule has 1 aliphatic rings. The van der Waals surface area contributed by atoms with Gasteiger partial charge in [0, 0.05) is 18.3 Å². The van der Waals surface area contributed by atoms with E-state index in [2.05, 4.69) is 43.0 Å². The van der Waals surface area contributed by atoms with Crippen molar-refractivity contribution in [1.29, 1.82) is 0 Å². The van der Waals surface area contributed by atoms with Gasteiger partial charge in [-0.2, -0.15) is 19.7 Å². The van der Waals surface area contributed by atoms with E-state index >= 15 is 0 Å². The maximum absolute atomic E-state index is 4.62. The number of aryl methyl sites for hydroxylation is 3. The van der Waals surface area contributed by atoms with Crippen LogP contribution in [-0.2, 0) is 13.0 Å². The normalized spacial score (nSPS) is 17.7. The third-order valence-corrected chi connectivity index (χ3v) is 4.81. The Morgan fingerprint density at radius 3 is 2.88 bits per heavy atom. The molecule has 4 heterocycles. The topological polar surface area (TPSA) is 77.0 Å². The van der Waals surface area contributed by atoms with Gasteiger partial charge in [0.15, 0.2) is 0 Å². The van der Waals surface area contributed by atoms with Gasteiger partial charge in [-0.25, -0.2) is 14.6 Å². The summed E-state index contributed by atoms with van der Waals surface area (Å²) in [6, 6.07) is 2.55. The van der Waals surface area contributed by atoms with Crippen LogP contribution in [0.25, 0.3) is 5.78 Å². The fourth-order valence-corrected chi connectivity index (χ4v) is 3.69. The van der Waals surface area contributed by atoms with Gasteiger partial charge in [-0.15, -0.1) is 0 Å². The molecule has 3 aromatic heterocycles. The van der Waals surface area contributed by atoms with E-state index in [1.165, 1.54) is 6.42 Å². The van der Waals surface area contributed by atoms with Gasteiger partial charge >= 0.3 is 0 Å². The molecule has 25 heavy (non-hydrogen) atoms. The van der Waals surface area contributed by atoms with Gasteiger partial charge in [0.2, 0.25) is 0 Å². The molecule has 1 atom stereocenters. The summed E-state index contributed by atoms with van der Waals surface area (Å²) in [6.45, 7) is 7.98. The van der Waals surface area contributed by atoms with Crippen molar-refractivity contribution in [2.75, 3.05) is 11.4 Å². The maximum Gasteiger partial charge on any atom is 0.254 e. The summed E-state index contributed by atoms with van der Waals surface area (Å²) in [5.74, 6) is 3.56. The quantitative estimate of drug-likeness (QED) is 0.706. The molecule has 0 amide bonds. The van der Waals surface area contributed by atoms with Crippen LogP contribution >= 0.6 is 0 Å². The molecule has 0 spiro atoms. The van der Waals surface area contributed by atoms with Gasteiger partial charge in [0.25, 0.3) is 5.78 Å². The molecule has 0 N–H and O–H groups in total. The molecular weight excluding hydrogens is 316 g/mol. The first-order valence-electron chi connectivity index (χ1n) is 9.00. The summed E-state index contributed by atoms with van der Waals surface area (Å²) in [4.78, 5) is 15.8. The summed E-state index contributed by atoms with van der Waals surface area (Å²) >= 11 is 0. The highest BCUT2D eigenvalue weighted by molar-refractivity contribution is 5.49. The summed E-state index contributed by atoms with van der Waals surface area (Å²) < 4.78 is 3.88. The van der Waals surface area contributed by atoms with Crippen molar-refractivity contribution in [2.24, 2.45) is 0 Å². The molecular formula is C17H24N8. The van der Waals surface area contributed by atoms with Crippen molar-refractivity contribution in [2.45, 2.75) is 59.0 Å². The zero-order valence-electron chi connectivity index (χ0n) is 15.1. The van der Waals surface area contributed by atoms with Gasteiger partial charge in [0.1, 0.15) is 23.8 Å². The van der Waals surface area contributed by atoms with Gasteiger partial charge < -0.3 is 4.90 Å². The molecule has 0 radical (unpaired) electrons. The third kappa shape index (κ3) is 2.96. The predicted octanol–water partition coefficient (Wildman–Crippen LogP) is 1.95.